The molecule has 0 N–H and O–H groups in total. The lowest BCUT2D eigenvalue weighted by Gasteiger charge is -2.07. The van der Waals surface area contributed by atoms with Crippen LogP contribution in [0.25, 0.3) is 10.9 Å². The molecular formula is C18H17NO. The average Bonchev–Trinajstić information content (AvgIpc) is 2.53. The number of rotatable bonds is 4. The summed E-state index contributed by atoms with van der Waals surface area (Å²) in [6, 6.07) is 20.4. The number of aryl methyl sites for hydroxylation is 1. The van der Waals surface area contributed by atoms with E-state index in [1.165, 1.54) is 5.56 Å². The molecule has 100 valence electrons. The van der Waals surface area contributed by atoms with Crippen LogP contribution in [0.5, 0.6) is 5.75 Å². The van der Waals surface area contributed by atoms with Crippen LogP contribution in [0, 0.1) is 0 Å². The minimum absolute atomic E-state index is 0.496. The van der Waals surface area contributed by atoms with E-state index in [9.17, 15) is 0 Å². The van der Waals surface area contributed by atoms with E-state index < -0.39 is 0 Å². The summed E-state index contributed by atoms with van der Waals surface area (Å²) in [6.07, 6.45) is 1.05. The highest BCUT2D eigenvalue weighted by molar-refractivity contribution is 5.78. The summed E-state index contributed by atoms with van der Waals surface area (Å²) in [5.41, 5.74) is 3.28. The lowest BCUT2D eigenvalue weighted by atomic mass is 10.2. The molecule has 0 fully saturated rings. The summed E-state index contributed by atoms with van der Waals surface area (Å²) in [5.74, 6) is 0.886. The molecule has 0 saturated carbocycles. The van der Waals surface area contributed by atoms with Gasteiger partial charge in [0.1, 0.15) is 12.4 Å². The van der Waals surface area contributed by atoms with Crippen molar-refractivity contribution in [1.82, 2.24) is 4.98 Å². The van der Waals surface area contributed by atoms with E-state index in [4.69, 9.17) is 4.74 Å². The summed E-state index contributed by atoms with van der Waals surface area (Å²) >= 11 is 0. The molecule has 1 heterocycles. The van der Waals surface area contributed by atoms with Gasteiger partial charge in [0.15, 0.2) is 0 Å². The Balaban J connectivity index is 1.72. The van der Waals surface area contributed by atoms with Crippen molar-refractivity contribution in [3.63, 3.8) is 0 Å². The average molecular weight is 263 g/mol. The number of benzene rings is 2. The Kier molecular flexibility index (Phi) is 3.64. The summed E-state index contributed by atoms with van der Waals surface area (Å²) in [4.78, 5) is 4.60. The Hall–Kier alpha value is -2.35. The first-order chi connectivity index (χ1) is 9.85. The van der Waals surface area contributed by atoms with E-state index in [0.717, 1.165) is 28.8 Å². The largest absolute Gasteiger partial charge is 0.487 e. The first-order valence-electron chi connectivity index (χ1n) is 6.91. The quantitative estimate of drug-likeness (QED) is 0.697. The highest BCUT2D eigenvalue weighted by Crippen LogP contribution is 2.16. The highest BCUT2D eigenvalue weighted by atomic mass is 16.5. The van der Waals surface area contributed by atoms with E-state index in [1.807, 2.05) is 36.4 Å². The fourth-order valence-electron chi connectivity index (χ4n) is 2.17. The molecule has 0 spiro atoms. The molecule has 0 atom stereocenters. The first kappa shape index (κ1) is 12.7. The van der Waals surface area contributed by atoms with E-state index in [-0.39, 0.29) is 0 Å². The first-order valence-corrected chi connectivity index (χ1v) is 6.91. The molecule has 20 heavy (non-hydrogen) atoms. The van der Waals surface area contributed by atoms with Gasteiger partial charge in [-0.15, -0.1) is 0 Å². The Morgan fingerprint density at radius 3 is 2.50 bits per heavy atom. The molecule has 1 aromatic heterocycles. The van der Waals surface area contributed by atoms with Gasteiger partial charge >= 0.3 is 0 Å². The molecule has 3 rings (SSSR count). The Bertz CT molecular complexity index is 704. The van der Waals surface area contributed by atoms with Crippen LogP contribution in [0.3, 0.4) is 0 Å². The third-order valence-corrected chi connectivity index (χ3v) is 3.37. The van der Waals surface area contributed by atoms with Crippen molar-refractivity contribution in [2.75, 3.05) is 0 Å². The summed E-state index contributed by atoms with van der Waals surface area (Å²) < 4.78 is 5.78. The topological polar surface area (TPSA) is 22.1 Å². The van der Waals surface area contributed by atoms with Crippen molar-refractivity contribution in [3.05, 3.63) is 71.9 Å². The number of fused-ring (bicyclic) bond motifs is 1. The second kappa shape index (κ2) is 5.74. The third-order valence-electron chi connectivity index (χ3n) is 3.37. The maximum Gasteiger partial charge on any atom is 0.130 e. The normalized spacial score (nSPS) is 10.7. The zero-order valence-electron chi connectivity index (χ0n) is 11.5. The fourth-order valence-corrected chi connectivity index (χ4v) is 2.17. The number of nitrogens with zero attached hydrogens (tertiary/aromatic N) is 1. The van der Waals surface area contributed by atoms with Gasteiger partial charge in [0.25, 0.3) is 0 Å². The maximum atomic E-state index is 5.78. The van der Waals surface area contributed by atoms with Crippen LogP contribution in [0.4, 0.5) is 0 Å². The standard InChI is InChI=1S/C18H17NO/c1-2-14-7-11-17(12-8-14)20-13-16-10-9-15-5-3-4-6-18(15)19-16/h3-12H,2,13H2,1H3. The predicted octanol–water partition coefficient (Wildman–Crippen LogP) is 4.38. The van der Waals surface area contributed by atoms with Crippen LogP contribution in [-0.4, -0.2) is 4.98 Å². The molecule has 2 heteroatoms. The highest BCUT2D eigenvalue weighted by Gasteiger charge is 2.00. The number of hydrogen-bond acceptors (Lipinski definition) is 2. The van der Waals surface area contributed by atoms with E-state index >= 15 is 0 Å². The minimum Gasteiger partial charge on any atom is -0.487 e. The van der Waals surface area contributed by atoms with Crippen molar-refractivity contribution in [2.45, 2.75) is 20.0 Å². The van der Waals surface area contributed by atoms with Crippen LogP contribution in [0.1, 0.15) is 18.2 Å². The van der Waals surface area contributed by atoms with Crippen molar-refractivity contribution in [1.29, 1.82) is 0 Å². The van der Waals surface area contributed by atoms with Crippen molar-refractivity contribution < 1.29 is 4.74 Å². The predicted molar refractivity (Wildman–Crippen MR) is 81.9 cm³/mol. The van der Waals surface area contributed by atoms with E-state index in [2.05, 4.69) is 36.2 Å². The zero-order chi connectivity index (χ0) is 13.8. The Morgan fingerprint density at radius 2 is 1.70 bits per heavy atom. The maximum absolute atomic E-state index is 5.78. The van der Waals surface area contributed by atoms with Gasteiger partial charge in [-0.25, -0.2) is 4.98 Å². The molecule has 0 bridgehead atoms. The molecule has 0 aliphatic heterocycles. The zero-order valence-corrected chi connectivity index (χ0v) is 11.5. The van der Waals surface area contributed by atoms with E-state index in [0.29, 0.717) is 6.61 Å². The van der Waals surface area contributed by atoms with Gasteiger partial charge in [-0.05, 0) is 36.2 Å². The van der Waals surface area contributed by atoms with Crippen LogP contribution in [0.2, 0.25) is 0 Å². The lowest BCUT2D eigenvalue weighted by Crippen LogP contribution is -1.98. The van der Waals surface area contributed by atoms with Gasteiger partial charge in [0.2, 0.25) is 0 Å². The summed E-state index contributed by atoms with van der Waals surface area (Å²) in [5, 5.41) is 1.16. The molecule has 0 aliphatic rings. The van der Waals surface area contributed by atoms with Gasteiger partial charge in [0, 0.05) is 5.39 Å². The van der Waals surface area contributed by atoms with Crippen molar-refractivity contribution in [2.24, 2.45) is 0 Å². The molecule has 0 amide bonds. The number of para-hydroxylation sites is 1. The second-order valence-corrected chi connectivity index (χ2v) is 4.78. The van der Waals surface area contributed by atoms with Crippen LogP contribution >= 0.6 is 0 Å². The molecular weight excluding hydrogens is 246 g/mol. The fraction of sp³-hybridized carbons (Fsp3) is 0.167. The monoisotopic (exact) mass is 263 g/mol. The number of ether oxygens (including phenoxy) is 1. The number of aromatic nitrogens is 1. The van der Waals surface area contributed by atoms with Gasteiger partial charge in [-0.3, -0.25) is 0 Å². The van der Waals surface area contributed by atoms with Crippen molar-refractivity contribution in [3.8, 4) is 5.75 Å². The second-order valence-electron chi connectivity index (χ2n) is 4.78. The van der Waals surface area contributed by atoms with Crippen LogP contribution in [0.15, 0.2) is 60.7 Å². The van der Waals surface area contributed by atoms with E-state index in [1.54, 1.807) is 0 Å². The summed E-state index contributed by atoms with van der Waals surface area (Å²) in [7, 11) is 0. The molecule has 3 aromatic rings. The van der Waals surface area contributed by atoms with Gasteiger partial charge in [-0.1, -0.05) is 43.3 Å². The molecule has 0 radical (unpaired) electrons. The molecule has 0 saturated heterocycles. The Morgan fingerprint density at radius 1 is 0.900 bits per heavy atom. The minimum atomic E-state index is 0.496. The smallest absolute Gasteiger partial charge is 0.130 e. The third kappa shape index (κ3) is 2.80. The van der Waals surface area contributed by atoms with Crippen molar-refractivity contribution >= 4 is 10.9 Å². The van der Waals surface area contributed by atoms with Gasteiger partial charge < -0.3 is 4.74 Å². The van der Waals surface area contributed by atoms with Crippen LogP contribution < -0.4 is 4.74 Å². The summed E-state index contributed by atoms with van der Waals surface area (Å²) in [6.45, 7) is 2.64. The number of hydrogen-bond donors (Lipinski definition) is 0. The Labute approximate surface area is 119 Å². The molecule has 0 aliphatic carbocycles. The van der Waals surface area contributed by atoms with Gasteiger partial charge in [0.05, 0.1) is 11.2 Å². The molecule has 2 aromatic carbocycles. The molecule has 0 unspecified atom stereocenters. The number of pyridine rings is 1. The molecule has 2 nitrogen and oxygen atoms in total. The lowest BCUT2D eigenvalue weighted by molar-refractivity contribution is 0.301. The van der Waals surface area contributed by atoms with Gasteiger partial charge in [-0.2, -0.15) is 0 Å². The van der Waals surface area contributed by atoms with Crippen LogP contribution in [-0.2, 0) is 13.0 Å². The SMILES string of the molecule is CCc1ccc(OCc2ccc3ccccc3n2)cc1.